The molecule has 1 N–H and O–H groups in total. The van der Waals surface area contributed by atoms with Crippen molar-refractivity contribution in [2.24, 2.45) is 0 Å². The van der Waals surface area contributed by atoms with Gasteiger partial charge in [-0.05, 0) is 37.6 Å². The summed E-state index contributed by atoms with van der Waals surface area (Å²) in [7, 11) is 0. The van der Waals surface area contributed by atoms with Crippen LogP contribution in [0.25, 0.3) is 6.08 Å². The maximum atomic E-state index is 9.99. The van der Waals surface area contributed by atoms with E-state index in [1.165, 1.54) is 0 Å². The minimum atomic E-state index is 0.183. The van der Waals surface area contributed by atoms with E-state index >= 15 is 0 Å². The third-order valence-electron chi connectivity index (χ3n) is 1.69. The summed E-state index contributed by atoms with van der Waals surface area (Å²) in [5.74, 6) is 0.852. The lowest BCUT2D eigenvalue weighted by Crippen LogP contribution is -2.05. The number of rotatable bonds is 5. The lowest BCUT2D eigenvalue weighted by Gasteiger charge is -2.09. The highest BCUT2D eigenvalue weighted by molar-refractivity contribution is 5.55. The van der Waals surface area contributed by atoms with E-state index in [9.17, 15) is 4.79 Å². The van der Waals surface area contributed by atoms with E-state index in [2.05, 4.69) is 5.32 Å². The number of carbonyl (C=O) groups is 1. The number of amides is 1. The number of carbonyl (C=O) groups excluding carboxylic acids is 1. The molecule has 0 aliphatic carbocycles. The Morgan fingerprint density at radius 1 is 1.27 bits per heavy atom. The van der Waals surface area contributed by atoms with Gasteiger partial charge in [-0.1, -0.05) is 12.1 Å². The quantitative estimate of drug-likeness (QED) is 0.748. The van der Waals surface area contributed by atoms with E-state index in [1.54, 1.807) is 6.20 Å². The van der Waals surface area contributed by atoms with Gasteiger partial charge in [0.25, 0.3) is 0 Å². The molecule has 0 unspecified atom stereocenters. The molecule has 0 aliphatic rings. The minimum Gasteiger partial charge on any atom is -0.491 e. The van der Waals surface area contributed by atoms with Crippen LogP contribution in [0.3, 0.4) is 0 Å². The zero-order valence-corrected chi connectivity index (χ0v) is 8.94. The van der Waals surface area contributed by atoms with Gasteiger partial charge in [-0.3, -0.25) is 4.79 Å². The molecule has 3 nitrogen and oxygen atoms in total. The maximum Gasteiger partial charge on any atom is 0.211 e. The highest BCUT2D eigenvalue weighted by Gasteiger charge is 1.95. The molecule has 0 aromatic heterocycles. The Labute approximate surface area is 89.8 Å². The van der Waals surface area contributed by atoms with Crippen LogP contribution in [0.4, 0.5) is 0 Å². The second-order valence-electron chi connectivity index (χ2n) is 3.35. The SMILES string of the molecule is CC(C)Oc1ccc(C=CNC=O)cc1. The Morgan fingerprint density at radius 3 is 2.47 bits per heavy atom. The van der Waals surface area contributed by atoms with Crippen molar-refractivity contribution in [2.45, 2.75) is 20.0 Å². The molecule has 0 heterocycles. The van der Waals surface area contributed by atoms with Gasteiger partial charge in [0, 0.05) is 6.20 Å². The van der Waals surface area contributed by atoms with Gasteiger partial charge in [0.05, 0.1) is 6.10 Å². The van der Waals surface area contributed by atoms with Gasteiger partial charge in [-0.15, -0.1) is 0 Å². The van der Waals surface area contributed by atoms with Crippen LogP contribution >= 0.6 is 0 Å². The predicted molar refractivity (Wildman–Crippen MR) is 60.4 cm³/mol. The molecule has 1 amide bonds. The Bertz CT molecular complexity index is 328. The van der Waals surface area contributed by atoms with Crippen LogP contribution in [-0.4, -0.2) is 12.5 Å². The molecule has 0 atom stereocenters. The summed E-state index contributed by atoms with van der Waals surface area (Å²) in [4.78, 5) is 9.99. The van der Waals surface area contributed by atoms with Crippen molar-refractivity contribution in [3.63, 3.8) is 0 Å². The smallest absolute Gasteiger partial charge is 0.211 e. The Kier molecular flexibility index (Phi) is 4.41. The predicted octanol–water partition coefficient (Wildman–Crippen LogP) is 2.19. The Balaban J connectivity index is 2.59. The van der Waals surface area contributed by atoms with Crippen molar-refractivity contribution in [1.82, 2.24) is 5.32 Å². The van der Waals surface area contributed by atoms with Crippen LogP contribution in [0.5, 0.6) is 5.75 Å². The fourth-order valence-electron chi connectivity index (χ4n) is 1.11. The third kappa shape index (κ3) is 4.31. The van der Waals surface area contributed by atoms with Crippen molar-refractivity contribution in [3.8, 4) is 5.75 Å². The largest absolute Gasteiger partial charge is 0.491 e. The highest BCUT2D eigenvalue weighted by Crippen LogP contribution is 2.14. The van der Waals surface area contributed by atoms with E-state index in [-0.39, 0.29) is 6.10 Å². The molecular formula is C12H15NO2. The fraction of sp³-hybridized carbons (Fsp3) is 0.250. The minimum absolute atomic E-state index is 0.183. The summed E-state index contributed by atoms with van der Waals surface area (Å²) in [5, 5.41) is 2.45. The first kappa shape index (κ1) is 11.3. The van der Waals surface area contributed by atoms with E-state index in [4.69, 9.17) is 4.74 Å². The molecular weight excluding hydrogens is 190 g/mol. The Morgan fingerprint density at radius 2 is 1.93 bits per heavy atom. The summed E-state index contributed by atoms with van der Waals surface area (Å²) in [6.07, 6.45) is 4.22. The second kappa shape index (κ2) is 5.86. The van der Waals surface area contributed by atoms with E-state index in [0.717, 1.165) is 11.3 Å². The van der Waals surface area contributed by atoms with Gasteiger partial charge in [-0.25, -0.2) is 0 Å². The third-order valence-corrected chi connectivity index (χ3v) is 1.69. The number of ether oxygens (including phenoxy) is 1. The van der Waals surface area contributed by atoms with Crippen molar-refractivity contribution in [3.05, 3.63) is 36.0 Å². The van der Waals surface area contributed by atoms with E-state index in [1.807, 2.05) is 44.2 Å². The summed E-state index contributed by atoms with van der Waals surface area (Å²) >= 11 is 0. The topological polar surface area (TPSA) is 38.3 Å². The van der Waals surface area contributed by atoms with Crippen LogP contribution in [0.15, 0.2) is 30.5 Å². The highest BCUT2D eigenvalue weighted by atomic mass is 16.5. The summed E-state index contributed by atoms with van der Waals surface area (Å²) in [6, 6.07) is 7.67. The van der Waals surface area contributed by atoms with Crippen LogP contribution < -0.4 is 10.1 Å². The number of hydrogen-bond acceptors (Lipinski definition) is 2. The van der Waals surface area contributed by atoms with E-state index < -0.39 is 0 Å². The molecule has 15 heavy (non-hydrogen) atoms. The zero-order valence-electron chi connectivity index (χ0n) is 8.94. The summed E-state index contributed by atoms with van der Waals surface area (Å²) in [5.41, 5.74) is 1.01. The van der Waals surface area contributed by atoms with Gasteiger partial charge in [-0.2, -0.15) is 0 Å². The number of benzene rings is 1. The molecule has 0 saturated carbocycles. The number of hydrogen-bond donors (Lipinski definition) is 1. The fourth-order valence-corrected chi connectivity index (χ4v) is 1.11. The second-order valence-corrected chi connectivity index (χ2v) is 3.35. The van der Waals surface area contributed by atoms with Crippen LogP contribution in [0, 0.1) is 0 Å². The molecule has 1 aromatic rings. The lowest BCUT2D eigenvalue weighted by molar-refractivity contribution is -0.108. The van der Waals surface area contributed by atoms with Gasteiger partial charge in [0.1, 0.15) is 5.75 Å². The molecule has 3 heteroatoms. The normalized spacial score (nSPS) is 10.6. The summed E-state index contributed by atoms with van der Waals surface area (Å²) < 4.78 is 5.50. The average Bonchev–Trinajstić information content (AvgIpc) is 2.20. The first-order valence-electron chi connectivity index (χ1n) is 4.85. The lowest BCUT2D eigenvalue weighted by atomic mass is 10.2. The van der Waals surface area contributed by atoms with Gasteiger partial charge >= 0.3 is 0 Å². The average molecular weight is 205 g/mol. The molecule has 1 aromatic carbocycles. The molecule has 0 spiro atoms. The molecule has 1 rings (SSSR count). The van der Waals surface area contributed by atoms with Gasteiger partial charge in [0.2, 0.25) is 6.41 Å². The molecule has 0 radical (unpaired) electrons. The van der Waals surface area contributed by atoms with Gasteiger partial charge < -0.3 is 10.1 Å². The molecule has 0 saturated heterocycles. The van der Waals surface area contributed by atoms with Crippen LogP contribution in [0.2, 0.25) is 0 Å². The molecule has 0 fully saturated rings. The summed E-state index contributed by atoms with van der Waals surface area (Å²) in [6.45, 7) is 3.98. The standard InChI is InChI=1S/C12H15NO2/c1-10(2)15-12-5-3-11(4-6-12)7-8-13-9-14/h3-10H,1-2H3,(H,13,14). The maximum absolute atomic E-state index is 9.99. The molecule has 80 valence electrons. The monoisotopic (exact) mass is 205 g/mol. The van der Waals surface area contributed by atoms with E-state index in [0.29, 0.717) is 6.41 Å². The van der Waals surface area contributed by atoms with Crippen molar-refractivity contribution < 1.29 is 9.53 Å². The zero-order chi connectivity index (χ0) is 11.1. The van der Waals surface area contributed by atoms with Crippen molar-refractivity contribution in [2.75, 3.05) is 0 Å². The van der Waals surface area contributed by atoms with Crippen LogP contribution in [-0.2, 0) is 4.79 Å². The van der Waals surface area contributed by atoms with Crippen molar-refractivity contribution in [1.29, 1.82) is 0 Å². The first-order chi connectivity index (χ1) is 7.22. The first-order valence-corrected chi connectivity index (χ1v) is 4.85. The molecule has 0 bridgehead atoms. The Hall–Kier alpha value is -1.77. The number of nitrogens with one attached hydrogen (secondary N) is 1. The molecule has 0 aliphatic heterocycles. The van der Waals surface area contributed by atoms with Gasteiger partial charge in [0.15, 0.2) is 0 Å². The van der Waals surface area contributed by atoms with Crippen LogP contribution in [0.1, 0.15) is 19.4 Å². The van der Waals surface area contributed by atoms with Crippen molar-refractivity contribution >= 4 is 12.5 Å².